The molecule has 0 bridgehead atoms. The van der Waals surface area contributed by atoms with Crippen molar-refractivity contribution < 1.29 is 30.7 Å². The van der Waals surface area contributed by atoms with E-state index in [1.54, 1.807) is 0 Å². The molecule has 0 unspecified atom stereocenters. The molecule has 0 saturated carbocycles. The van der Waals surface area contributed by atoms with E-state index in [9.17, 15) is 41.8 Å². The maximum atomic E-state index is 14.0. The average Bonchev–Trinajstić information content (AvgIpc) is 2.86. The zero-order valence-corrected chi connectivity index (χ0v) is 19.9. The van der Waals surface area contributed by atoms with E-state index in [1.807, 2.05) is 0 Å². The molecule has 0 aliphatic heterocycles. The van der Waals surface area contributed by atoms with Crippen LogP contribution >= 0.6 is 0 Å². The Morgan fingerprint density at radius 1 is 0.921 bits per heavy atom. The number of halogens is 4. The highest BCUT2D eigenvalue weighted by molar-refractivity contribution is 7.89. The Morgan fingerprint density at radius 3 is 2.13 bits per heavy atom. The van der Waals surface area contributed by atoms with Crippen molar-refractivity contribution >= 4 is 21.4 Å². The molecule has 0 saturated heterocycles. The van der Waals surface area contributed by atoms with Gasteiger partial charge in [-0.3, -0.25) is 0 Å². The number of nitrogens with two attached hydrogens (primary N) is 1. The molecule has 0 radical (unpaired) electrons. The normalized spacial score (nSPS) is 11.5. The molecule has 0 amide bonds. The molecule has 13 heteroatoms. The Bertz CT molecular complexity index is 1630. The zero-order valence-electron chi connectivity index (χ0n) is 19.0. The number of alkyl halides is 3. The standard InChI is InChI=1S/C25H15F4N5O3S/c1-15(34-17-4-2-5-18(11-17)38(33,35)36)23-19(25(27,28)29)6-3-7-22(23)37-21-9-8-16(26)10-20(21)24(12-30,13-31)14-32/h2-11,34H,1H2,(H2,33,35,36). The summed E-state index contributed by atoms with van der Waals surface area (Å²) < 4.78 is 84.9. The van der Waals surface area contributed by atoms with E-state index in [2.05, 4.69) is 11.9 Å². The molecule has 3 aromatic carbocycles. The van der Waals surface area contributed by atoms with Crippen LogP contribution in [-0.2, 0) is 21.6 Å². The van der Waals surface area contributed by atoms with Crippen LogP contribution in [0.3, 0.4) is 0 Å². The van der Waals surface area contributed by atoms with E-state index in [0.29, 0.717) is 6.07 Å². The molecule has 3 aromatic rings. The minimum Gasteiger partial charge on any atom is -0.456 e. The van der Waals surface area contributed by atoms with Gasteiger partial charge in [-0.05, 0) is 48.5 Å². The summed E-state index contributed by atoms with van der Waals surface area (Å²) in [4.78, 5) is -0.312. The Balaban J connectivity index is 2.18. The van der Waals surface area contributed by atoms with Crippen LogP contribution in [0.2, 0.25) is 0 Å². The Kier molecular flexibility index (Phi) is 7.45. The van der Waals surface area contributed by atoms with Crippen molar-refractivity contribution in [1.29, 1.82) is 15.8 Å². The third-order valence-corrected chi connectivity index (χ3v) is 6.07. The molecule has 3 N–H and O–H groups in total. The molecule has 0 atom stereocenters. The minimum absolute atomic E-state index is 0.0318. The number of sulfonamides is 1. The van der Waals surface area contributed by atoms with Gasteiger partial charge in [0.05, 0.1) is 16.0 Å². The first-order chi connectivity index (χ1) is 17.8. The summed E-state index contributed by atoms with van der Waals surface area (Å²) in [6, 6.07) is 14.7. The zero-order chi connectivity index (χ0) is 28.3. The largest absolute Gasteiger partial charge is 0.456 e. The van der Waals surface area contributed by atoms with Gasteiger partial charge >= 0.3 is 6.18 Å². The smallest absolute Gasteiger partial charge is 0.417 e. The Hall–Kier alpha value is -4.90. The number of benzene rings is 3. The lowest BCUT2D eigenvalue weighted by molar-refractivity contribution is -0.137. The average molecular weight is 541 g/mol. The van der Waals surface area contributed by atoms with Gasteiger partial charge in [0, 0.05) is 16.9 Å². The molecule has 8 nitrogen and oxygen atoms in total. The van der Waals surface area contributed by atoms with Gasteiger partial charge in [0.25, 0.3) is 5.41 Å². The van der Waals surface area contributed by atoms with E-state index in [0.717, 1.165) is 36.4 Å². The van der Waals surface area contributed by atoms with Crippen LogP contribution in [-0.4, -0.2) is 8.42 Å². The van der Waals surface area contributed by atoms with Gasteiger partial charge in [0.15, 0.2) is 0 Å². The maximum absolute atomic E-state index is 14.0. The third kappa shape index (κ3) is 5.57. The molecule has 0 aromatic heterocycles. The lowest BCUT2D eigenvalue weighted by atomic mass is 9.84. The van der Waals surface area contributed by atoms with Crippen LogP contribution in [0.4, 0.5) is 23.2 Å². The number of nitrogens with zero attached hydrogens (tertiary/aromatic N) is 3. The number of rotatable bonds is 7. The molecule has 0 fully saturated rings. The summed E-state index contributed by atoms with van der Waals surface area (Å²) in [5.41, 5.74) is -5.21. The molecule has 0 aliphatic rings. The number of primary sulfonamides is 1. The van der Waals surface area contributed by atoms with Crippen molar-refractivity contribution in [2.24, 2.45) is 5.14 Å². The summed E-state index contributed by atoms with van der Waals surface area (Å²) in [5.74, 6) is -1.83. The van der Waals surface area contributed by atoms with Gasteiger partial charge in [-0.25, -0.2) is 17.9 Å². The van der Waals surface area contributed by atoms with Gasteiger partial charge < -0.3 is 10.1 Å². The van der Waals surface area contributed by atoms with Crippen LogP contribution in [0.15, 0.2) is 72.1 Å². The molecule has 3 rings (SSSR count). The second kappa shape index (κ2) is 10.2. The van der Waals surface area contributed by atoms with Gasteiger partial charge in [0.2, 0.25) is 10.0 Å². The highest BCUT2D eigenvalue weighted by atomic mass is 32.2. The van der Waals surface area contributed by atoms with Crippen LogP contribution < -0.4 is 15.2 Å². The van der Waals surface area contributed by atoms with Crippen molar-refractivity contribution in [3.8, 4) is 29.7 Å². The Morgan fingerprint density at radius 2 is 1.55 bits per heavy atom. The number of ether oxygens (including phenoxy) is 1. The first-order valence-electron chi connectivity index (χ1n) is 10.3. The molecule has 192 valence electrons. The van der Waals surface area contributed by atoms with Crippen molar-refractivity contribution in [1.82, 2.24) is 0 Å². The van der Waals surface area contributed by atoms with E-state index < -0.39 is 55.6 Å². The predicted octanol–water partition coefficient (Wildman–Crippen LogP) is 5.18. The summed E-state index contributed by atoms with van der Waals surface area (Å²) >= 11 is 0. The van der Waals surface area contributed by atoms with E-state index in [4.69, 9.17) is 9.88 Å². The first-order valence-corrected chi connectivity index (χ1v) is 11.8. The van der Waals surface area contributed by atoms with Gasteiger partial charge in [-0.1, -0.05) is 18.7 Å². The van der Waals surface area contributed by atoms with Crippen molar-refractivity contribution in [2.75, 3.05) is 5.32 Å². The molecule has 0 spiro atoms. The fourth-order valence-electron chi connectivity index (χ4n) is 3.41. The van der Waals surface area contributed by atoms with Crippen molar-refractivity contribution in [3.63, 3.8) is 0 Å². The second-order valence-electron chi connectivity index (χ2n) is 7.68. The fourth-order valence-corrected chi connectivity index (χ4v) is 3.97. The highest BCUT2D eigenvalue weighted by Crippen LogP contribution is 2.42. The lowest BCUT2D eigenvalue weighted by Crippen LogP contribution is -2.20. The fraction of sp³-hybridized carbons (Fsp3) is 0.0800. The van der Waals surface area contributed by atoms with Gasteiger partial charge in [-0.2, -0.15) is 29.0 Å². The number of hydrogen-bond donors (Lipinski definition) is 2. The number of hydrogen-bond acceptors (Lipinski definition) is 7. The van der Waals surface area contributed by atoms with Crippen molar-refractivity contribution in [2.45, 2.75) is 16.5 Å². The van der Waals surface area contributed by atoms with E-state index in [-0.39, 0.29) is 16.3 Å². The monoisotopic (exact) mass is 541 g/mol. The SMILES string of the molecule is C=C(Nc1cccc(S(N)(=O)=O)c1)c1c(Oc2ccc(F)cc2C(C#N)(C#N)C#N)cccc1C(F)(F)F. The molecule has 0 aliphatic carbocycles. The highest BCUT2D eigenvalue weighted by Gasteiger charge is 2.38. The van der Waals surface area contributed by atoms with E-state index >= 15 is 0 Å². The quantitative estimate of drug-likeness (QED) is 0.391. The molecule has 0 heterocycles. The Labute approximate surface area is 214 Å². The summed E-state index contributed by atoms with van der Waals surface area (Å²) in [6.07, 6.45) is -4.91. The van der Waals surface area contributed by atoms with Gasteiger partial charge in [-0.15, -0.1) is 0 Å². The second-order valence-corrected chi connectivity index (χ2v) is 9.24. The summed E-state index contributed by atoms with van der Waals surface area (Å²) in [5, 5.41) is 36.0. The maximum Gasteiger partial charge on any atom is 0.417 e. The topological polar surface area (TPSA) is 153 Å². The van der Waals surface area contributed by atoms with Crippen LogP contribution in [0.25, 0.3) is 5.70 Å². The van der Waals surface area contributed by atoms with Crippen LogP contribution in [0.5, 0.6) is 11.5 Å². The number of nitrogens with one attached hydrogen (secondary N) is 1. The van der Waals surface area contributed by atoms with Crippen LogP contribution in [0.1, 0.15) is 16.7 Å². The van der Waals surface area contributed by atoms with Crippen LogP contribution in [0, 0.1) is 39.8 Å². The predicted molar refractivity (Wildman–Crippen MR) is 127 cm³/mol. The number of anilines is 1. The molecule has 38 heavy (non-hydrogen) atoms. The minimum atomic E-state index is -4.91. The lowest BCUT2D eigenvalue weighted by Gasteiger charge is -2.22. The third-order valence-electron chi connectivity index (χ3n) is 5.16. The van der Waals surface area contributed by atoms with Gasteiger partial charge in [0.1, 0.15) is 35.5 Å². The molecular formula is C25H15F4N5O3S. The summed E-state index contributed by atoms with van der Waals surface area (Å²) in [7, 11) is -4.12. The summed E-state index contributed by atoms with van der Waals surface area (Å²) in [6.45, 7) is 3.63. The molecular weight excluding hydrogens is 526 g/mol. The van der Waals surface area contributed by atoms with Crippen molar-refractivity contribution in [3.05, 3.63) is 89.8 Å². The van der Waals surface area contributed by atoms with E-state index in [1.165, 1.54) is 36.4 Å². The first kappa shape index (κ1) is 27.7. The number of nitriles is 3.